The van der Waals surface area contributed by atoms with Crippen LogP contribution in [0.4, 0.5) is 10.8 Å². The lowest BCUT2D eigenvalue weighted by atomic mass is 10.1. The van der Waals surface area contributed by atoms with E-state index in [1.54, 1.807) is 17.0 Å². The highest BCUT2D eigenvalue weighted by atomic mass is 32.2. The van der Waals surface area contributed by atoms with Crippen LogP contribution in [0.15, 0.2) is 47.4 Å². The molecule has 3 aromatic rings. The number of amides is 1. The molecule has 0 radical (unpaired) electrons. The van der Waals surface area contributed by atoms with Gasteiger partial charge in [-0.3, -0.25) is 9.69 Å². The van der Waals surface area contributed by atoms with Crippen LogP contribution in [0.5, 0.6) is 0 Å². The van der Waals surface area contributed by atoms with E-state index < -0.39 is 9.84 Å². The van der Waals surface area contributed by atoms with Gasteiger partial charge in [-0.1, -0.05) is 31.3 Å². The molecular formula is C23H30N4O3S2. The zero-order chi connectivity index (χ0) is 23.5. The van der Waals surface area contributed by atoms with E-state index in [2.05, 4.69) is 23.7 Å². The molecule has 0 bridgehead atoms. The van der Waals surface area contributed by atoms with Gasteiger partial charge >= 0.3 is 0 Å². The SMILES string of the molecule is CCN(CC)CCN(C(=O)c1ccc(N(C)C)cc1)c1nc2c(S(C)(=O)=O)cccc2s1. The van der Waals surface area contributed by atoms with Gasteiger partial charge in [-0.25, -0.2) is 13.4 Å². The standard InChI is InChI=1S/C23H30N4O3S2/c1-6-26(7-2)15-16-27(22(28)17-11-13-18(14-12-17)25(3)4)23-24-21-19(31-23)9-8-10-20(21)32(5,29)30/h8-14H,6-7,15-16H2,1-5H3. The van der Waals surface area contributed by atoms with Crippen molar-refractivity contribution >= 4 is 48.1 Å². The van der Waals surface area contributed by atoms with E-state index >= 15 is 0 Å². The molecule has 172 valence electrons. The fourth-order valence-electron chi connectivity index (χ4n) is 3.45. The summed E-state index contributed by atoms with van der Waals surface area (Å²) in [5.41, 5.74) is 1.99. The maximum absolute atomic E-state index is 13.5. The van der Waals surface area contributed by atoms with E-state index in [-0.39, 0.29) is 10.8 Å². The van der Waals surface area contributed by atoms with Crippen molar-refractivity contribution in [2.24, 2.45) is 0 Å². The molecule has 9 heteroatoms. The molecule has 0 spiro atoms. The van der Waals surface area contributed by atoms with Crippen molar-refractivity contribution in [1.82, 2.24) is 9.88 Å². The van der Waals surface area contributed by atoms with Gasteiger partial charge in [0, 0.05) is 44.7 Å². The van der Waals surface area contributed by atoms with Crippen LogP contribution >= 0.6 is 11.3 Å². The van der Waals surface area contributed by atoms with Crippen LogP contribution in [0.1, 0.15) is 24.2 Å². The lowest BCUT2D eigenvalue weighted by Crippen LogP contribution is -2.38. The molecule has 3 rings (SSSR count). The van der Waals surface area contributed by atoms with Crippen LogP contribution in [-0.2, 0) is 9.84 Å². The van der Waals surface area contributed by atoms with Gasteiger partial charge < -0.3 is 9.80 Å². The highest BCUT2D eigenvalue weighted by Gasteiger charge is 2.24. The van der Waals surface area contributed by atoms with E-state index in [9.17, 15) is 13.2 Å². The van der Waals surface area contributed by atoms with Crippen molar-refractivity contribution in [2.75, 3.05) is 56.3 Å². The van der Waals surface area contributed by atoms with Crippen molar-refractivity contribution in [2.45, 2.75) is 18.7 Å². The Bertz CT molecular complexity index is 1180. The molecule has 0 saturated heterocycles. The molecule has 0 aliphatic rings. The Morgan fingerprint density at radius 1 is 1.00 bits per heavy atom. The highest BCUT2D eigenvalue weighted by Crippen LogP contribution is 2.33. The van der Waals surface area contributed by atoms with Gasteiger partial charge in [-0.05, 0) is 49.5 Å². The number of aromatic nitrogens is 1. The number of para-hydroxylation sites is 1. The first-order chi connectivity index (χ1) is 15.2. The first kappa shape index (κ1) is 24.2. The number of hydrogen-bond donors (Lipinski definition) is 0. The van der Waals surface area contributed by atoms with Crippen molar-refractivity contribution in [3.63, 3.8) is 0 Å². The minimum atomic E-state index is -3.43. The minimum Gasteiger partial charge on any atom is -0.378 e. The van der Waals surface area contributed by atoms with Gasteiger partial charge in [-0.15, -0.1) is 0 Å². The van der Waals surface area contributed by atoms with Crippen LogP contribution < -0.4 is 9.80 Å². The number of nitrogens with zero attached hydrogens (tertiary/aromatic N) is 4. The summed E-state index contributed by atoms with van der Waals surface area (Å²) in [6.45, 7) is 7.10. The highest BCUT2D eigenvalue weighted by molar-refractivity contribution is 7.91. The molecular weight excluding hydrogens is 444 g/mol. The predicted octanol–water partition coefficient (Wildman–Crippen LogP) is 3.75. The number of sulfone groups is 1. The monoisotopic (exact) mass is 474 g/mol. The van der Waals surface area contributed by atoms with Crippen LogP contribution in [0.2, 0.25) is 0 Å². The van der Waals surface area contributed by atoms with Crippen molar-refractivity contribution in [1.29, 1.82) is 0 Å². The van der Waals surface area contributed by atoms with Gasteiger partial charge in [0.25, 0.3) is 5.91 Å². The largest absolute Gasteiger partial charge is 0.378 e. The average Bonchev–Trinajstić information content (AvgIpc) is 3.19. The molecule has 0 unspecified atom stereocenters. The molecule has 0 fully saturated rings. The van der Waals surface area contributed by atoms with Gasteiger partial charge in [0.05, 0.1) is 9.60 Å². The third kappa shape index (κ3) is 5.28. The summed E-state index contributed by atoms with van der Waals surface area (Å²) in [5, 5.41) is 0.505. The van der Waals surface area contributed by atoms with E-state index in [0.717, 1.165) is 23.5 Å². The van der Waals surface area contributed by atoms with Gasteiger partial charge in [0.2, 0.25) is 0 Å². The Balaban J connectivity index is 2.03. The first-order valence-electron chi connectivity index (χ1n) is 10.6. The lowest BCUT2D eigenvalue weighted by molar-refractivity contribution is 0.0984. The van der Waals surface area contributed by atoms with Crippen LogP contribution in [0.25, 0.3) is 10.2 Å². The number of anilines is 2. The zero-order valence-electron chi connectivity index (χ0n) is 19.2. The van der Waals surface area contributed by atoms with Crippen molar-refractivity contribution in [3.8, 4) is 0 Å². The summed E-state index contributed by atoms with van der Waals surface area (Å²) in [5.74, 6) is -0.151. The van der Waals surface area contributed by atoms with Gasteiger partial charge in [-0.2, -0.15) is 0 Å². The number of likely N-dealkylation sites (N-methyl/N-ethyl adjacent to an activating group) is 1. The second kappa shape index (κ2) is 9.97. The molecule has 32 heavy (non-hydrogen) atoms. The second-order valence-electron chi connectivity index (χ2n) is 7.80. The van der Waals surface area contributed by atoms with Gasteiger partial charge in [0.1, 0.15) is 5.52 Å². The van der Waals surface area contributed by atoms with Crippen LogP contribution in [-0.4, -0.2) is 70.7 Å². The third-order valence-corrected chi connectivity index (χ3v) is 7.58. The Kier molecular flexibility index (Phi) is 7.53. The fourth-order valence-corrected chi connectivity index (χ4v) is 5.36. The Labute approximate surface area is 194 Å². The van der Waals surface area contributed by atoms with Crippen molar-refractivity contribution in [3.05, 3.63) is 48.0 Å². The summed E-state index contributed by atoms with van der Waals surface area (Å²) in [7, 11) is 0.471. The Morgan fingerprint density at radius 3 is 2.22 bits per heavy atom. The summed E-state index contributed by atoms with van der Waals surface area (Å²) in [6, 6.07) is 12.6. The molecule has 2 aromatic carbocycles. The first-order valence-corrected chi connectivity index (χ1v) is 13.3. The fraction of sp³-hybridized carbons (Fsp3) is 0.391. The maximum Gasteiger partial charge on any atom is 0.260 e. The Morgan fingerprint density at radius 2 is 1.66 bits per heavy atom. The molecule has 0 saturated carbocycles. The molecule has 0 aliphatic carbocycles. The molecule has 0 atom stereocenters. The quantitative estimate of drug-likeness (QED) is 0.470. The molecule has 7 nitrogen and oxygen atoms in total. The topological polar surface area (TPSA) is 73.8 Å². The maximum atomic E-state index is 13.5. The van der Waals surface area contributed by atoms with Gasteiger partial charge in [0.15, 0.2) is 15.0 Å². The lowest BCUT2D eigenvalue weighted by Gasteiger charge is -2.25. The van der Waals surface area contributed by atoms with Crippen LogP contribution in [0, 0.1) is 0 Å². The van der Waals surface area contributed by atoms with Crippen LogP contribution in [0.3, 0.4) is 0 Å². The molecule has 1 heterocycles. The van der Waals surface area contributed by atoms with E-state index in [1.807, 2.05) is 49.3 Å². The number of fused-ring (bicyclic) bond motifs is 1. The average molecular weight is 475 g/mol. The smallest absolute Gasteiger partial charge is 0.260 e. The second-order valence-corrected chi connectivity index (χ2v) is 10.8. The number of benzene rings is 2. The predicted molar refractivity (Wildman–Crippen MR) is 133 cm³/mol. The zero-order valence-corrected chi connectivity index (χ0v) is 20.8. The Hall–Kier alpha value is -2.49. The summed E-state index contributed by atoms with van der Waals surface area (Å²) in [6.07, 6.45) is 1.18. The summed E-state index contributed by atoms with van der Waals surface area (Å²) >= 11 is 1.34. The molecule has 0 N–H and O–H groups in total. The van der Waals surface area contributed by atoms with E-state index in [4.69, 9.17) is 0 Å². The normalized spacial score (nSPS) is 11.8. The minimum absolute atomic E-state index is 0.151. The molecule has 1 amide bonds. The van der Waals surface area contributed by atoms with E-state index in [1.165, 1.54) is 17.6 Å². The van der Waals surface area contributed by atoms with E-state index in [0.29, 0.717) is 29.3 Å². The number of hydrogen-bond acceptors (Lipinski definition) is 7. The third-order valence-electron chi connectivity index (χ3n) is 5.41. The number of carbonyl (C=O) groups excluding carboxylic acids is 1. The molecule has 0 aliphatic heterocycles. The summed E-state index contributed by atoms with van der Waals surface area (Å²) in [4.78, 5) is 24.2. The number of carbonyl (C=O) groups is 1. The number of rotatable bonds is 9. The molecule has 1 aromatic heterocycles. The number of thiazole rings is 1. The van der Waals surface area contributed by atoms with Crippen molar-refractivity contribution < 1.29 is 13.2 Å². The summed E-state index contributed by atoms with van der Waals surface area (Å²) < 4.78 is 25.2.